The molecule has 0 amide bonds. The van der Waals surface area contributed by atoms with Crippen molar-refractivity contribution >= 4 is 0 Å². The molecule has 2 fully saturated rings. The standard InChI is InChI=1S/C15H19F2NO/c1-19-13-5-2-4-12(8-13)9-18-7-3-6-14(11-18)10-15(14,16)17/h2,4-5,8H,3,6-7,9-11H2,1H3. The van der Waals surface area contributed by atoms with Crippen LogP contribution in [0.4, 0.5) is 8.78 Å². The molecule has 1 saturated carbocycles. The van der Waals surface area contributed by atoms with Crippen LogP contribution in [0.5, 0.6) is 5.75 Å². The van der Waals surface area contributed by atoms with Crippen molar-refractivity contribution in [3.8, 4) is 5.75 Å². The zero-order valence-electron chi connectivity index (χ0n) is 11.2. The molecule has 1 unspecified atom stereocenters. The third-order valence-electron chi connectivity index (χ3n) is 4.41. The quantitative estimate of drug-likeness (QED) is 0.833. The van der Waals surface area contributed by atoms with Crippen LogP contribution in [0.1, 0.15) is 24.8 Å². The van der Waals surface area contributed by atoms with Gasteiger partial charge in [-0.1, -0.05) is 12.1 Å². The Labute approximate surface area is 112 Å². The number of ether oxygens (including phenoxy) is 1. The summed E-state index contributed by atoms with van der Waals surface area (Å²) >= 11 is 0. The summed E-state index contributed by atoms with van der Waals surface area (Å²) in [5, 5.41) is 0. The lowest BCUT2D eigenvalue weighted by molar-refractivity contribution is 0.0228. The van der Waals surface area contributed by atoms with Gasteiger partial charge in [-0.15, -0.1) is 0 Å². The molecule has 0 N–H and O–H groups in total. The number of benzene rings is 1. The molecule has 1 aliphatic carbocycles. The highest BCUT2D eigenvalue weighted by Gasteiger charge is 2.71. The van der Waals surface area contributed by atoms with Gasteiger partial charge in [-0.25, -0.2) is 8.78 Å². The zero-order valence-corrected chi connectivity index (χ0v) is 11.2. The van der Waals surface area contributed by atoms with Crippen molar-refractivity contribution in [2.24, 2.45) is 5.41 Å². The summed E-state index contributed by atoms with van der Waals surface area (Å²) in [6, 6.07) is 7.84. The van der Waals surface area contributed by atoms with E-state index in [0.717, 1.165) is 30.8 Å². The predicted octanol–water partition coefficient (Wildman–Crippen LogP) is 3.32. The van der Waals surface area contributed by atoms with Gasteiger partial charge in [0.2, 0.25) is 0 Å². The summed E-state index contributed by atoms with van der Waals surface area (Å²) in [5.41, 5.74) is 0.407. The molecule has 2 nitrogen and oxygen atoms in total. The van der Waals surface area contributed by atoms with Crippen LogP contribution in [0.15, 0.2) is 24.3 Å². The molecule has 104 valence electrons. The molecule has 1 aromatic rings. The van der Waals surface area contributed by atoms with Crippen molar-refractivity contribution in [2.45, 2.75) is 31.7 Å². The van der Waals surface area contributed by atoms with Gasteiger partial charge in [0.25, 0.3) is 5.92 Å². The minimum atomic E-state index is -2.43. The third-order valence-corrected chi connectivity index (χ3v) is 4.41. The highest BCUT2D eigenvalue weighted by atomic mass is 19.3. The van der Waals surface area contributed by atoms with Gasteiger partial charge in [0.15, 0.2) is 0 Å². The molecule has 4 heteroatoms. The van der Waals surface area contributed by atoms with E-state index in [4.69, 9.17) is 4.74 Å². The Morgan fingerprint density at radius 1 is 1.37 bits per heavy atom. The fourth-order valence-electron chi connectivity index (χ4n) is 3.21. The lowest BCUT2D eigenvalue weighted by Gasteiger charge is -2.33. The second-order valence-electron chi connectivity index (χ2n) is 5.83. The molecule has 0 aromatic heterocycles. The van der Waals surface area contributed by atoms with Crippen molar-refractivity contribution in [2.75, 3.05) is 20.2 Å². The molecule has 3 rings (SSSR count). The maximum absolute atomic E-state index is 13.5. The SMILES string of the molecule is COc1cccc(CN2CCCC3(C2)CC3(F)F)c1. The first-order valence-electron chi connectivity index (χ1n) is 6.78. The van der Waals surface area contributed by atoms with Gasteiger partial charge in [0, 0.05) is 19.5 Å². The molecule has 1 heterocycles. The van der Waals surface area contributed by atoms with Crippen LogP contribution in [-0.2, 0) is 6.54 Å². The molecule has 1 aromatic carbocycles. The molecule has 0 bridgehead atoms. The number of methoxy groups -OCH3 is 1. The van der Waals surface area contributed by atoms with Crippen LogP contribution in [0.3, 0.4) is 0 Å². The normalized spacial score (nSPS) is 29.4. The summed E-state index contributed by atoms with van der Waals surface area (Å²) in [7, 11) is 1.64. The summed E-state index contributed by atoms with van der Waals surface area (Å²) in [5.74, 6) is -1.61. The molecule has 1 saturated heterocycles. The first-order valence-corrected chi connectivity index (χ1v) is 6.78. The summed E-state index contributed by atoms with van der Waals surface area (Å²) in [4.78, 5) is 2.15. The van der Waals surface area contributed by atoms with E-state index < -0.39 is 11.3 Å². The first kappa shape index (κ1) is 12.9. The van der Waals surface area contributed by atoms with Gasteiger partial charge in [-0.3, -0.25) is 4.90 Å². The van der Waals surface area contributed by atoms with Crippen LogP contribution < -0.4 is 4.74 Å². The van der Waals surface area contributed by atoms with Crippen LogP contribution in [0.2, 0.25) is 0 Å². The first-order chi connectivity index (χ1) is 9.05. The molecule has 0 radical (unpaired) electrons. The van der Waals surface area contributed by atoms with Crippen molar-refractivity contribution in [1.82, 2.24) is 4.90 Å². The summed E-state index contributed by atoms with van der Waals surface area (Å²) in [6.07, 6.45) is 1.63. The lowest BCUT2D eigenvalue weighted by Crippen LogP contribution is -2.38. The van der Waals surface area contributed by atoms with Crippen molar-refractivity contribution in [3.63, 3.8) is 0 Å². The Hall–Kier alpha value is -1.16. The fraction of sp³-hybridized carbons (Fsp3) is 0.600. The Bertz CT molecular complexity index is 477. The Morgan fingerprint density at radius 3 is 2.84 bits per heavy atom. The number of halogens is 2. The van der Waals surface area contributed by atoms with Gasteiger partial charge in [-0.05, 0) is 37.1 Å². The Balaban J connectivity index is 1.67. The van der Waals surface area contributed by atoms with E-state index in [1.165, 1.54) is 0 Å². The number of alkyl halides is 2. The van der Waals surface area contributed by atoms with E-state index in [-0.39, 0.29) is 6.42 Å². The van der Waals surface area contributed by atoms with E-state index in [2.05, 4.69) is 4.90 Å². The summed E-state index contributed by atoms with van der Waals surface area (Å²) in [6.45, 7) is 2.17. The number of likely N-dealkylation sites (tertiary alicyclic amines) is 1. The molecule has 19 heavy (non-hydrogen) atoms. The monoisotopic (exact) mass is 267 g/mol. The zero-order chi connectivity index (χ0) is 13.5. The van der Waals surface area contributed by atoms with Crippen LogP contribution >= 0.6 is 0 Å². The maximum Gasteiger partial charge on any atom is 0.255 e. The minimum Gasteiger partial charge on any atom is -0.497 e. The van der Waals surface area contributed by atoms with Gasteiger partial charge >= 0.3 is 0 Å². The fourth-order valence-corrected chi connectivity index (χ4v) is 3.21. The number of nitrogens with zero attached hydrogens (tertiary/aromatic N) is 1. The van der Waals surface area contributed by atoms with Gasteiger partial charge in [0.1, 0.15) is 5.75 Å². The minimum absolute atomic E-state index is 0.0780. The Kier molecular flexibility index (Phi) is 3.01. The van der Waals surface area contributed by atoms with Crippen molar-refractivity contribution in [1.29, 1.82) is 0 Å². The average molecular weight is 267 g/mol. The van der Waals surface area contributed by atoms with Crippen molar-refractivity contribution in [3.05, 3.63) is 29.8 Å². The van der Waals surface area contributed by atoms with E-state index in [9.17, 15) is 8.78 Å². The predicted molar refractivity (Wildman–Crippen MR) is 69.5 cm³/mol. The van der Waals surface area contributed by atoms with Gasteiger partial charge in [-0.2, -0.15) is 0 Å². The largest absolute Gasteiger partial charge is 0.497 e. The van der Waals surface area contributed by atoms with Gasteiger partial charge < -0.3 is 4.74 Å². The second kappa shape index (κ2) is 4.44. The maximum atomic E-state index is 13.5. The number of rotatable bonds is 3. The number of piperidine rings is 1. The average Bonchev–Trinajstić information content (AvgIpc) is 2.89. The van der Waals surface area contributed by atoms with E-state index in [1.807, 2.05) is 24.3 Å². The van der Waals surface area contributed by atoms with Crippen molar-refractivity contribution < 1.29 is 13.5 Å². The van der Waals surface area contributed by atoms with Crippen LogP contribution in [0.25, 0.3) is 0 Å². The third kappa shape index (κ3) is 2.34. The number of hydrogen-bond donors (Lipinski definition) is 0. The van der Waals surface area contributed by atoms with E-state index in [0.29, 0.717) is 13.0 Å². The molecule has 1 aliphatic heterocycles. The molecule has 1 atom stereocenters. The second-order valence-corrected chi connectivity index (χ2v) is 5.83. The van der Waals surface area contributed by atoms with E-state index >= 15 is 0 Å². The highest BCUT2D eigenvalue weighted by molar-refractivity contribution is 5.28. The smallest absolute Gasteiger partial charge is 0.255 e. The molecule has 2 aliphatic rings. The van der Waals surface area contributed by atoms with Gasteiger partial charge in [0.05, 0.1) is 12.5 Å². The summed E-state index contributed by atoms with van der Waals surface area (Å²) < 4.78 is 32.1. The highest BCUT2D eigenvalue weighted by Crippen LogP contribution is 2.64. The van der Waals surface area contributed by atoms with Crippen LogP contribution in [-0.4, -0.2) is 31.0 Å². The number of hydrogen-bond acceptors (Lipinski definition) is 2. The Morgan fingerprint density at radius 2 is 2.16 bits per heavy atom. The molecular weight excluding hydrogens is 248 g/mol. The topological polar surface area (TPSA) is 12.5 Å². The van der Waals surface area contributed by atoms with Crippen LogP contribution in [0, 0.1) is 5.41 Å². The van der Waals surface area contributed by atoms with E-state index in [1.54, 1.807) is 7.11 Å². The molecule has 1 spiro atoms. The molecular formula is C15H19F2NO. The lowest BCUT2D eigenvalue weighted by atomic mass is 9.94.